The normalized spacial score (nSPS) is 9.94. The first-order chi connectivity index (χ1) is 8.15. The highest BCUT2D eigenvalue weighted by Gasteiger charge is 2.07. The van der Waals surface area contributed by atoms with Crippen molar-refractivity contribution in [3.63, 3.8) is 0 Å². The Morgan fingerprint density at radius 3 is 2.71 bits per heavy atom. The monoisotopic (exact) mass is 250 g/mol. The summed E-state index contributed by atoms with van der Waals surface area (Å²) < 4.78 is 0. The lowest BCUT2D eigenvalue weighted by molar-refractivity contribution is 0.102. The quantitative estimate of drug-likeness (QED) is 0.835. The number of nitrogens with zero attached hydrogens (tertiary/aromatic N) is 2. The van der Waals surface area contributed by atoms with Gasteiger partial charge in [-0.25, -0.2) is 0 Å². The van der Waals surface area contributed by atoms with Gasteiger partial charge in [0, 0.05) is 6.07 Å². The van der Waals surface area contributed by atoms with Gasteiger partial charge in [-0.05, 0) is 18.2 Å². The third-order valence-corrected chi connectivity index (χ3v) is 2.09. The van der Waals surface area contributed by atoms with E-state index in [9.17, 15) is 9.59 Å². The average molecular weight is 251 g/mol. The second kappa shape index (κ2) is 4.75. The topological polar surface area (TPSA) is 87.7 Å². The summed E-state index contributed by atoms with van der Waals surface area (Å²) in [6.45, 7) is 0. The molecule has 2 aromatic heterocycles. The molecule has 86 valence electrons. The van der Waals surface area contributed by atoms with E-state index >= 15 is 0 Å². The fourth-order valence-corrected chi connectivity index (χ4v) is 1.25. The molecule has 2 N–H and O–H groups in total. The molecule has 0 saturated carbocycles. The standard InChI is InChI=1S/C10H7ClN4O2/c11-7-4-5-8(15-14-7)13-10(17)6-2-1-3-9(16)12-6/h1-5H,(H,12,16)(H,13,15,17). The highest BCUT2D eigenvalue weighted by molar-refractivity contribution is 6.29. The summed E-state index contributed by atoms with van der Waals surface area (Å²) in [7, 11) is 0. The van der Waals surface area contributed by atoms with E-state index < -0.39 is 5.91 Å². The van der Waals surface area contributed by atoms with Gasteiger partial charge >= 0.3 is 0 Å². The minimum absolute atomic E-state index is 0.147. The Morgan fingerprint density at radius 1 is 1.24 bits per heavy atom. The van der Waals surface area contributed by atoms with E-state index in [2.05, 4.69) is 20.5 Å². The molecular weight excluding hydrogens is 244 g/mol. The fraction of sp³-hybridized carbons (Fsp3) is 0. The summed E-state index contributed by atoms with van der Waals surface area (Å²) in [6, 6.07) is 7.30. The SMILES string of the molecule is O=C(Nc1ccc(Cl)nn1)c1cccc(=O)[nH]1. The predicted octanol–water partition coefficient (Wildman–Crippen LogP) is 1.07. The van der Waals surface area contributed by atoms with Gasteiger partial charge in [0.15, 0.2) is 11.0 Å². The number of hydrogen-bond acceptors (Lipinski definition) is 4. The first kappa shape index (κ1) is 11.3. The number of halogens is 1. The zero-order valence-corrected chi connectivity index (χ0v) is 9.23. The molecule has 2 aromatic rings. The highest BCUT2D eigenvalue weighted by Crippen LogP contribution is 2.06. The largest absolute Gasteiger partial charge is 0.318 e. The fourth-order valence-electron chi connectivity index (χ4n) is 1.15. The van der Waals surface area contributed by atoms with Crippen molar-refractivity contribution < 1.29 is 4.79 Å². The van der Waals surface area contributed by atoms with Gasteiger partial charge in [0.2, 0.25) is 5.56 Å². The van der Waals surface area contributed by atoms with E-state index in [1.807, 2.05) is 0 Å². The molecule has 0 aliphatic heterocycles. The summed E-state index contributed by atoms with van der Waals surface area (Å²) in [5, 5.41) is 9.94. The zero-order chi connectivity index (χ0) is 12.3. The van der Waals surface area contributed by atoms with Crippen LogP contribution in [0.25, 0.3) is 0 Å². The second-order valence-corrected chi connectivity index (χ2v) is 3.51. The van der Waals surface area contributed by atoms with Crippen molar-refractivity contribution in [2.75, 3.05) is 5.32 Å². The molecule has 0 radical (unpaired) electrons. The number of H-pyrrole nitrogens is 1. The number of aromatic amines is 1. The first-order valence-electron chi connectivity index (χ1n) is 4.65. The van der Waals surface area contributed by atoms with Crippen LogP contribution in [-0.4, -0.2) is 21.1 Å². The first-order valence-corrected chi connectivity index (χ1v) is 5.03. The maximum atomic E-state index is 11.7. The molecule has 0 spiro atoms. The molecule has 0 unspecified atom stereocenters. The Balaban J connectivity index is 2.17. The molecule has 2 rings (SSSR count). The minimum Gasteiger partial charge on any atom is -0.318 e. The predicted molar refractivity (Wildman–Crippen MR) is 62.1 cm³/mol. The molecule has 17 heavy (non-hydrogen) atoms. The minimum atomic E-state index is -0.473. The number of hydrogen-bond donors (Lipinski definition) is 2. The van der Waals surface area contributed by atoms with E-state index in [0.29, 0.717) is 0 Å². The number of carbonyl (C=O) groups is 1. The number of pyridine rings is 1. The molecule has 0 aliphatic rings. The lowest BCUT2D eigenvalue weighted by atomic mass is 10.3. The summed E-state index contributed by atoms with van der Waals surface area (Å²) in [5.74, 6) is -0.219. The van der Waals surface area contributed by atoms with Crippen LogP contribution in [-0.2, 0) is 0 Å². The number of aromatic nitrogens is 3. The number of anilines is 1. The smallest absolute Gasteiger partial charge is 0.273 e. The molecule has 0 atom stereocenters. The molecule has 0 aliphatic carbocycles. The summed E-state index contributed by atoms with van der Waals surface area (Å²) >= 11 is 5.55. The van der Waals surface area contributed by atoms with E-state index in [1.54, 1.807) is 0 Å². The molecule has 1 amide bonds. The number of rotatable bonds is 2. The molecule has 0 aromatic carbocycles. The highest BCUT2D eigenvalue weighted by atomic mass is 35.5. The maximum Gasteiger partial charge on any atom is 0.273 e. The van der Waals surface area contributed by atoms with Crippen LogP contribution in [0.2, 0.25) is 5.15 Å². The van der Waals surface area contributed by atoms with Crippen LogP contribution in [0.4, 0.5) is 5.82 Å². The second-order valence-electron chi connectivity index (χ2n) is 3.12. The molecule has 2 heterocycles. The van der Waals surface area contributed by atoms with Crippen LogP contribution >= 0.6 is 11.6 Å². The Bertz CT molecular complexity index is 594. The number of amides is 1. The van der Waals surface area contributed by atoms with Gasteiger partial charge in [0.1, 0.15) is 5.69 Å². The Hall–Kier alpha value is -2.21. The van der Waals surface area contributed by atoms with Crippen LogP contribution in [0.1, 0.15) is 10.5 Å². The summed E-state index contributed by atoms with van der Waals surface area (Å²) in [4.78, 5) is 25.1. The van der Waals surface area contributed by atoms with Crippen LogP contribution < -0.4 is 10.9 Å². The van der Waals surface area contributed by atoms with Crippen molar-refractivity contribution in [1.82, 2.24) is 15.2 Å². The van der Waals surface area contributed by atoms with Gasteiger partial charge < -0.3 is 10.3 Å². The van der Waals surface area contributed by atoms with E-state index in [-0.39, 0.29) is 22.2 Å². The van der Waals surface area contributed by atoms with E-state index in [4.69, 9.17) is 11.6 Å². The lowest BCUT2D eigenvalue weighted by Crippen LogP contribution is -2.18. The Kier molecular flexibility index (Phi) is 3.15. The summed E-state index contributed by atoms with van der Waals surface area (Å²) in [5.41, 5.74) is -0.200. The summed E-state index contributed by atoms with van der Waals surface area (Å²) in [6.07, 6.45) is 0. The molecule has 6 nitrogen and oxygen atoms in total. The van der Waals surface area contributed by atoms with Crippen molar-refractivity contribution in [1.29, 1.82) is 0 Å². The van der Waals surface area contributed by atoms with Crippen LogP contribution in [0.15, 0.2) is 35.1 Å². The zero-order valence-electron chi connectivity index (χ0n) is 8.48. The van der Waals surface area contributed by atoms with Crippen molar-refractivity contribution in [2.24, 2.45) is 0 Å². The van der Waals surface area contributed by atoms with Crippen LogP contribution in [0.5, 0.6) is 0 Å². The molecule has 0 fully saturated rings. The van der Waals surface area contributed by atoms with Crippen molar-refractivity contribution in [3.05, 3.63) is 51.5 Å². The van der Waals surface area contributed by atoms with Crippen molar-refractivity contribution in [2.45, 2.75) is 0 Å². The molecule has 7 heteroatoms. The number of nitrogens with one attached hydrogen (secondary N) is 2. The molecular formula is C10H7ClN4O2. The third-order valence-electron chi connectivity index (χ3n) is 1.89. The average Bonchev–Trinajstić information content (AvgIpc) is 2.32. The number of carbonyl (C=O) groups excluding carboxylic acids is 1. The third kappa shape index (κ3) is 2.88. The van der Waals surface area contributed by atoms with Crippen molar-refractivity contribution >= 4 is 23.3 Å². The van der Waals surface area contributed by atoms with Crippen molar-refractivity contribution in [3.8, 4) is 0 Å². The van der Waals surface area contributed by atoms with Crippen LogP contribution in [0, 0.1) is 0 Å². The Morgan fingerprint density at radius 2 is 2.06 bits per heavy atom. The molecule has 0 saturated heterocycles. The van der Waals surface area contributed by atoms with Gasteiger partial charge in [-0.2, -0.15) is 0 Å². The molecule has 0 bridgehead atoms. The van der Waals surface area contributed by atoms with E-state index in [1.165, 1.54) is 30.3 Å². The lowest BCUT2D eigenvalue weighted by Gasteiger charge is -2.02. The van der Waals surface area contributed by atoms with Gasteiger partial charge in [0.05, 0.1) is 0 Å². The van der Waals surface area contributed by atoms with Gasteiger partial charge in [0.25, 0.3) is 5.91 Å². The van der Waals surface area contributed by atoms with Crippen LogP contribution in [0.3, 0.4) is 0 Å². The van der Waals surface area contributed by atoms with E-state index in [0.717, 1.165) is 0 Å². The van der Waals surface area contributed by atoms with Gasteiger partial charge in [-0.15, -0.1) is 10.2 Å². The van der Waals surface area contributed by atoms with Gasteiger partial charge in [-0.1, -0.05) is 17.7 Å². The Labute approximate surface area is 101 Å². The van der Waals surface area contributed by atoms with Gasteiger partial charge in [-0.3, -0.25) is 9.59 Å². The maximum absolute atomic E-state index is 11.7.